The van der Waals surface area contributed by atoms with Gasteiger partial charge in [0.25, 0.3) is 0 Å². The highest BCUT2D eigenvalue weighted by Gasteiger charge is 2.41. The number of fused-ring (bicyclic) bond motifs is 6. The van der Waals surface area contributed by atoms with Crippen LogP contribution in [0, 0.1) is 0 Å². The van der Waals surface area contributed by atoms with Gasteiger partial charge in [-0.2, -0.15) is 0 Å². The molecule has 0 fully saturated rings. The van der Waals surface area contributed by atoms with Crippen molar-refractivity contribution in [2.75, 3.05) is 0 Å². The summed E-state index contributed by atoms with van der Waals surface area (Å²) < 4.78 is 4.79. The molecule has 3 aromatic heterocycles. The molecule has 0 radical (unpaired) electrons. The molecule has 3 heterocycles. The lowest BCUT2D eigenvalue weighted by atomic mass is 10.0. The van der Waals surface area contributed by atoms with Crippen LogP contribution in [0.4, 0.5) is 0 Å². The normalized spacial score (nSPS) is 11.8. The molecule has 0 aliphatic carbocycles. The zero-order valence-electron chi connectivity index (χ0n) is 37.8. The molecule has 0 saturated heterocycles. The largest absolute Gasteiger partial charge is 0.309 e. The molecule has 324 valence electrons. The van der Waals surface area contributed by atoms with E-state index in [9.17, 15) is 0 Å². The first kappa shape index (κ1) is 40.4. The SMILES string of the molecule is c1ccc(-c2ccc3c(c2)c2ccccc2n3-c2cc(-c3ccc([Si](c4ccccc4)(c4ccccc4)c4ccccc4)cc3)nc(-n3c4ccccc4c4cc(-c5ccccc5)ccc43)c2)cc1. The molecule has 0 N–H and O–H groups in total. The molecule has 3 nitrogen and oxygen atoms in total. The van der Waals surface area contributed by atoms with Crippen LogP contribution in [-0.2, 0) is 0 Å². The van der Waals surface area contributed by atoms with Gasteiger partial charge in [0.05, 0.1) is 33.4 Å². The minimum absolute atomic E-state index is 0.860. The Morgan fingerprint density at radius 2 is 0.638 bits per heavy atom. The molecule has 4 heteroatoms. The molecule has 0 bridgehead atoms. The average molecular weight is 896 g/mol. The summed E-state index contributed by atoms with van der Waals surface area (Å²) in [5, 5.41) is 10.2. The highest BCUT2D eigenvalue weighted by atomic mass is 28.3. The van der Waals surface area contributed by atoms with E-state index in [4.69, 9.17) is 4.98 Å². The van der Waals surface area contributed by atoms with Gasteiger partial charge in [-0.25, -0.2) is 4.98 Å². The highest BCUT2D eigenvalue weighted by molar-refractivity contribution is 7.19. The van der Waals surface area contributed by atoms with E-state index in [2.05, 4.69) is 282 Å². The summed E-state index contributed by atoms with van der Waals surface area (Å²) in [5.74, 6) is 0.860. The van der Waals surface area contributed by atoms with Crippen molar-refractivity contribution in [3.8, 4) is 45.0 Å². The molecule has 0 amide bonds. The molecule has 10 aromatic carbocycles. The van der Waals surface area contributed by atoms with E-state index in [0.717, 1.165) is 44.8 Å². The topological polar surface area (TPSA) is 22.8 Å². The average Bonchev–Trinajstić information content (AvgIpc) is 3.95. The Hall–Kier alpha value is -8.83. The van der Waals surface area contributed by atoms with Gasteiger partial charge in [0.2, 0.25) is 0 Å². The van der Waals surface area contributed by atoms with Crippen molar-refractivity contribution in [3.63, 3.8) is 0 Å². The third-order valence-electron chi connectivity index (χ3n) is 14.1. The summed E-state index contributed by atoms with van der Waals surface area (Å²) in [6.45, 7) is 0. The first-order valence-electron chi connectivity index (χ1n) is 23.7. The van der Waals surface area contributed by atoms with Crippen molar-refractivity contribution in [2.24, 2.45) is 0 Å². The molecule has 0 saturated carbocycles. The zero-order valence-corrected chi connectivity index (χ0v) is 38.8. The Morgan fingerprint density at radius 3 is 1.13 bits per heavy atom. The van der Waals surface area contributed by atoms with Gasteiger partial charge in [-0.15, -0.1) is 0 Å². The Balaban J connectivity index is 1.06. The van der Waals surface area contributed by atoms with Crippen molar-refractivity contribution in [3.05, 3.63) is 273 Å². The molecule has 13 rings (SSSR count). The number of rotatable bonds is 9. The fourth-order valence-electron chi connectivity index (χ4n) is 10.9. The first-order valence-corrected chi connectivity index (χ1v) is 25.7. The molecular formula is C65H45N3Si. The molecule has 13 aromatic rings. The van der Waals surface area contributed by atoms with E-state index >= 15 is 0 Å². The maximum Gasteiger partial charge on any atom is 0.179 e. The van der Waals surface area contributed by atoms with Crippen molar-refractivity contribution < 1.29 is 0 Å². The zero-order chi connectivity index (χ0) is 45.7. The molecule has 0 unspecified atom stereocenters. The summed E-state index contributed by atoms with van der Waals surface area (Å²) in [4.78, 5) is 5.68. The molecule has 69 heavy (non-hydrogen) atoms. The van der Waals surface area contributed by atoms with Crippen LogP contribution in [0.2, 0.25) is 0 Å². The third kappa shape index (κ3) is 6.76. The fourth-order valence-corrected chi connectivity index (χ4v) is 15.7. The molecular weight excluding hydrogens is 851 g/mol. The Labute approximate surface area is 402 Å². The van der Waals surface area contributed by atoms with E-state index < -0.39 is 8.07 Å². The van der Waals surface area contributed by atoms with Crippen LogP contribution < -0.4 is 20.7 Å². The summed E-state index contributed by atoms with van der Waals surface area (Å²) in [7, 11) is -2.74. The number of aromatic nitrogens is 3. The van der Waals surface area contributed by atoms with Gasteiger partial charge in [0, 0.05) is 33.2 Å². The Morgan fingerprint density at radius 1 is 0.261 bits per heavy atom. The van der Waals surface area contributed by atoms with Crippen molar-refractivity contribution in [2.45, 2.75) is 0 Å². The van der Waals surface area contributed by atoms with Crippen LogP contribution >= 0.6 is 0 Å². The van der Waals surface area contributed by atoms with Crippen molar-refractivity contribution >= 4 is 72.4 Å². The summed E-state index contributed by atoms with van der Waals surface area (Å²) in [6.07, 6.45) is 0. The van der Waals surface area contributed by atoms with Crippen LogP contribution in [0.1, 0.15) is 0 Å². The number of hydrogen-bond donors (Lipinski definition) is 0. The van der Waals surface area contributed by atoms with E-state index in [0.29, 0.717) is 0 Å². The molecule has 0 aliphatic heterocycles. The van der Waals surface area contributed by atoms with Crippen molar-refractivity contribution in [1.82, 2.24) is 14.1 Å². The number of hydrogen-bond acceptors (Lipinski definition) is 1. The molecule has 0 spiro atoms. The van der Waals surface area contributed by atoms with Gasteiger partial charge in [-0.1, -0.05) is 224 Å². The van der Waals surface area contributed by atoms with Crippen LogP contribution in [0.5, 0.6) is 0 Å². The van der Waals surface area contributed by atoms with Gasteiger partial charge in [-0.3, -0.25) is 4.57 Å². The maximum atomic E-state index is 5.68. The van der Waals surface area contributed by atoms with Crippen molar-refractivity contribution in [1.29, 1.82) is 0 Å². The van der Waals surface area contributed by atoms with Gasteiger partial charge in [0.15, 0.2) is 8.07 Å². The lowest BCUT2D eigenvalue weighted by Crippen LogP contribution is -2.74. The number of para-hydroxylation sites is 2. The van der Waals surface area contributed by atoms with Gasteiger partial charge in [-0.05, 0) is 85.5 Å². The van der Waals surface area contributed by atoms with Crippen LogP contribution in [0.25, 0.3) is 88.6 Å². The highest BCUT2D eigenvalue weighted by Crippen LogP contribution is 2.39. The molecule has 0 aliphatic rings. The van der Waals surface area contributed by atoms with E-state index in [1.807, 2.05) is 0 Å². The Bertz CT molecular complexity index is 3700. The minimum atomic E-state index is -2.74. The smallest absolute Gasteiger partial charge is 0.179 e. The summed E-state index contributed by atoms with van der Waals surface area (Å²) in [6, 6.07) is 100.0. The minimum Gasteiger partial charge on any atom is -0.309 e. The lowest BCUT2D eigenvalue weighted by molar-refractivity contribution is 1.06. The second kappa shape index (κ2) is 16.8. The fraction of sp³-hybridized carbons (Fsp3) is 0. The van der Waals surface area contributed by atoms with Crippen LogP contribution in [0.3, 0.4) is 0 Å². The standard InChI is InChI=1S/C65H45N3Si/c1-6-20-46(21-7-1)49-36-40-63-58(42-49)56-30-16-18-32-61(56)67(63)51-44-60(66-65(45-51)68-62-33-19-17-31-57(62)59-43-50(37-41-64(59)68)47-22-8-2-9-23-47)48-34-38-55(39-35-48)69(52-24-10-3-11-25-52,53-26-12-4-13-27-53)54-28-14-5-15-29-54/h1-45H. The van der Waals surface area contributed by atoms with Crippen LogP contribution in [0.15, 0.2) is 273 Å². The maximum absolute atomic E-state index is 5.68. The van der Waals surface area contributed by atoms with E-state index in [-0.39, 0.29) is 0 Å². The second-order valence-corrected chi connectivity index (χ2v) is 21.7. The summed E-state index contributed by atoms with van der Waals surface area (Å²) in [5.41, 5.74) is 12.3. The predicted molar refractivity (Wildman–Crippen MR) is 293 cm³/mol. The Kier molecular flexibility index (Phi) is 9.85. The first-order chi connectivity index (χ1) is 34.2. The number of nitrogens with zero attached hydrogens (tertiary/aromatic N) is 3. The quantitative estimate of drug-likeness (QED) is 0.105. The monoisotopic (exact) mass is 895 g/mol. The number of benzene rings is 10. The summed E-state index contributed by atoms with van der Waals surface area (Å²) >= 11 is 0. The van der Waals surface area contributed by atoms with Crippen LogP contribution in [-0.4, -0.2) is 22.2 Å². The van der Waals surface area contributed by atoms with E-state index in [1.54, 1.807) is 0 Å². The third-order valence-corrected chi connectivity index (χ3v) is 18.9. The van der Waals surface area contributed by atoms with Gasteiger partial charge < -0.3 is 4.57 Å². The van der Waals surface area contributed by atoms with Gasteiger partial charge >= 0.3 is 0 Å². The van der Waals surface area contributed by atoms with E-state index in [1.165, 1.54) is 64.5 Å². The number of pyridine rings is 1. The predicted octanol–water partition coefficient (Wildman–Crippen LogP) is 13.7. The van der Waals surface area contributed by atoms with Gasteiger partial charge in [0.1, 0.15) is 5.82 Å². The lowest BCUT2D eigenvalue weighted by Gasteiger charge is -2.34. The second-order valence-electron chi connectivity index (χ2n) is 17.9. The molecule has 0 atom stereocenters.